The van der Waals surface area contributed by atoms with E-state index in [9.17, 15) is 0 Å². The molecule has 0 aliphatic carbocycles. The van der Waals surface area contributed by atoms with Gasteiger partial charge in [-0.1, -0.05) is 127 Å². The maximum Gasteiger partial charge on any atom is 0.227 e. The predicted molar refractivity (Wildman–Crippen MR) is 229 cm³/mol. The minimum absolute atomic E-state index is 0.600. The lowest BCUT2D eigenvalue weighted by Crippen LogP contribution is -2.11. The van der Waals surface area contributed by atoms with E-state index < -0.39 is 0 Å². The van der Waals surface area contributed by atoms with E-state index in [0.717, 1.165) is 50.4 Å². The molecule has 11 aromatic rings. The average molecular weight is 704 g/mol. The standard InChI is InChI=1S/C51H33N3O/c1-3-14-36(15-4-1)51-52-50-47(23-12-24-48(50)55-51)54(40-29-27-35(28-30-40)38-26-25-34-13-7-8-16-37(34)33-38)44-22-11-20-42-41(44)31-32-46-49(42)43-19-9-10-21-45(43)53(46)39-17-5-2-6-18-39/h1-33H. The van der Waals surface area contributed by atoms with E-state index in [1.54, 1.807) is 0 Å². The fraction of sp³-hybridized carbons (Fsp3) is 0. The molecule has 0 bridgehead atoms. The van der Waals surface area contributed by atoms with Crippen LogP contribution in [0, 0.1) is 0 Å². The van der Waals surface area contributed by atoms with Gasteiger partial charge in [0, 0.05) is 33.1 Å². The Kier molecular flexibility index (Phi) is 7.14. The molecule has 4 nitrogen and oxygen atoms in total. The molecular weight excluding hydrogens is 671 g/mol. The molecule has 0 amide bonds. The summed E-state index contributed by atoms with van der Waals surface area (Å²) in [5, 5.41) is 7.26. The summed E-state index contributed by atoms with van der Waals surface area (Å²) in [6, 6.07) is 71.0. The van der Waals surface area contributed by atoms with Crippen LogP contribution in [0.2, 0.25) is 0 Å². The Hall–Kier alpha value is -7.43. The van der Waals surface area contributed by atoms with Crippen molar-refractivity contribution in [2.75, 3.05) is 4.90 Å². The number of aromatic nitrogens is 2. The summed E-state index contributed by atoms with van der Waals surface area (Å²) < 4.78 is 8.80. The fourth-order valence-corrected chi connectivity index (χ4v) is 8.26. The lowest BCUT2D eigenvalue weighted by Gasteiger charge is -2.27. The number of nitrogens with zero attached hydrogens (tertiary/aromatic N) is 3. The van der Waals surface area contributed by atoms with Gasteiger partial charge in [-0.3, -0.25) is 0 Å². The summed E-state index contributed by atoms with van der Waals surface area (Å²) >= 11 is 0. The topological polar surface area (TPSA) is 34.2 Å². The van der Waals surface area contributed by atoms with E-state index in [1.165, 1.54) is 43.5 Å². The third-order valence-electron chi connectivity index (χ3n) is 10.8. The van der Waals surface area contributed by atoms with Crippen molar-refractivity contribution in [2.45, 2.75) is 0 Å². The monoisotopic (exact) mass is 703 g/mol. The maximum atomic E-state index is 6.43. The number of fused-ring (bicyclic) bond motifs is 7. The quantitative estimate of drug-likeness (QED) is 0.173. The minimum Gasteiger partial charge on any atom is -0.436 e. The summed E-state index contributed by atoms with van der Waals surface area (Å²) in [6.07, 6.45) is 0. The van der Waals surface area contributed by atoms with Crippen molar-refractivity contribution in [3.63, 3.8) is 0 Å². The zero-order chi connectivity index (χ0) is 36.3. The van der Waals surface area contributed by atoms with Gasteiger partial charge in [0.15, 0.2) is 5.58 Å². The molecule has 55 heavy (non-hydrogen) atoms. The Morgan fingerprint density at radius 2 is 1.13 bits per heavy atom. The Labute approximate surface area is 317 Å². The summed E-state index contributed by atoms with van der Waals surface area (Å²) in [6.45, 7) is 0. The second-order valence-electron chi connectivity index (χ2n) is 14.0. The highest BCUT2D eigenvalue weighted by Crippen LogP contribution is 2.45. The molecule has 0 radical (unpaired) electrons. The van der Waals surface area contributed by atoms with E-state index in [4.69, 9.17) is 9.40 Å². The molecule has 2 aromatic heterocycles. The van der Waals surface area contributed by atoms with Gasteiger partial charge in [0.1, 0.15) is 5.52 Å². The maximum absolute atomic E-state index is 6.43. The van der Waals surface area contributed by atoms with Crippen LogP contribution in [0.25, 0.3) is 82.7 Å². The summed E-state index contributed by atoms with van der Waals surface area (Å²) in [5.74, 6) is 0.600. The fourth-order valence-electron chi connectivity index (χ4n) is 8.26. The van der Waals surface area contributed by atoms with Crippen LogP contribution in [0.5, 0.6) is 0 Å². The number of rotatable bonds is 6. The Bertz CT molecular complexity index is 3200. The highest BCUT2D eigenvalue weighted by Gasteiger charge is 2.23. The third-order valence-corrected chi connectivity index (χ3v) is 10.8. The molecule has 0 aliphatic rings. The zero-order valence-corrected chi connectivity index (χ0v) is 29.8. The number of oxazole rings is 1. The van der Waals surface area contributed by atoms with Gasteiger partial charge in [-0.15, -0.1) is 0 Å². The molecule has 0 N–H and O–H groups in total. The number of para-hydroxylation sites is 3. The van der Waals surface area contributed by atoms with Crippen LogP contribution in [0.4, 0.5) is 17.1 Å². The molecule has 0 spiro atoms. The summed E-state index contributed by atoms with van der Waals surface area (Å²) in [7, 11) is 0. The van der Waals surface area contributed by atoms with Crippen LogP contribution < -0.4 is 4.90 Å². The number of benzene rings is 9. The van der Waals surface area contributed by atoms with Gasteiger partial charge < -0.3 is 13.9 Å². The highest BCUT2D eigenvalue weighted by atomic mass is 16.3. The van der Waals surface area contributed by atoms with Crippen LogP contribution in [-0.2, 0) is 0 Å². The first-order chi connectivity index (χ1) is 27.3. The van der Waals surface area contributed by atoms with Gasteiger partial charge in [-0.05, 0) is 100 Å². The van der Waals surface area contributed by atoms with Gasteiger partial charge in [-0.2, -0.15) is 0 Å². The van der Waals surface area contributed by atoms with Crippen LogP contribution in [0.3, 0.4) is 0 Å². The van der Waals surface area contributed by atoms with Crippen molar-refractivity contribution < 1.29 is 4.42 Å². The highest BCUT2D eigenvalue weighted by molar-refractivity contribution is 6.23. The molecule has 0 fully saturated rings. The van der Waals surface area contributed by atoms with Crippen LogP contribution in [0.15, 0.2) is 205 Å². The van der Waals surface area contributed by atoms with E-state index in [2.05, 4.69) is 173 Å². The molecule has 4 heteroatoms. The molecule has 0 unspecified atom stereocenters. The Balaban J connectivity index is 1.14. The van der Waals surface area contributed by atoms with Crippen molar-refractivity contribution in [2.24, 2.45) is 0 Å². The lowest BCUT2D eigenvalue weighted by molar-refractivity contribution is 0.620. The molecule has 258 valence electrons. The molecule has 0 atom stereocenters. The van der Waals surface area contributed by atoms with Gasteiger partial charge in [0.25, 0.3) is 0 Å². The van der Waals surface area contributed by atoms with Crippen LogP contribution in [-0.4, -0.2) is 9.55 Å². The van der Waals surface area contributed by atoms with Crippen molar-refractivity contribution in [1.82, 2.24) is 9.55 Å². The van der Waals surface area contributed by atoms with Gasteiger partial charge in [0.05, 0.1) is 22.4 Å². The number of hydrogen-bond donors (Lipinski definition) is 0. The first-order valence-electron chi connectivity index (χ1n) is 18.6. The normalized spacial score (nSPS) is 11.6. The van der Waals surface area contributed by atoms with Gasteiger partial charge >= 0.3 is 0 Å². The minimum atomic E-state index is 0.600. The van der Waals surface area contributed by atoms with Crippen molar-refractivity contribution in [3.8, 4) is 28.3 Å². The van der Waals surface area contributed by atoms with E-state index >= 15 is 0 Å². The van der Waals surface area contributed by atoms with E-state index in [-0.39, 0.29) is 0 Å². The Morgan fingerprint density at radius 1 is 0.436 bits per heavy atom. The van der Waals surface area contributed by atoms with E-state index in [1.807, 2.05) is 36.4 Å². The third kappa shape index (κ3) is 5.11. The van der Waals surface area contributed by atoms with Crippen LogP contribution in [0.1, 0.15) is 0 Å². The molecule has 0 saturated heterocycles. The first kappa shape index (κ1) is 31.1. The molecule has 0 aliphatic heterocycles. The average Bonchev–Trinajstić information content (AvgIpc) is 3.85. The number of hydrogen-bond acceptors (Lipinski definition) is 3. The molecule has 2 heterocycles. The first-order valence-corrected chi connectivity index (χ1v) is 18.6. The second-order valence-corrected chi connectivity index (χ2v) is 14.0. The largest absolute Gasteiger partial charge is 0.436 e. The predicted octanol–water partition coefficient (Wildman–Crippen LogP) is 14.0. The van der Waals surface area contributed by atoms with Crippen molar-refractivity contribution in [3.05, 3.63) is 200 Å². The van der Waals surface area contributed by atoms with Gasteiger partial charge in [0.2, 0.25) is 5.89 Å². The number of anilines is 3. The second kappa shape index (κ2) is 12.6. The van der Waals surface area contributed by atoms with Gasteiger partial charge in [-0.25, -0.2) is 4.98 Å². The molecule has 0 saturated carbocycles. The molecule has 9 aromatic carbocycles. The molecule has 11 rings (SSSR count). The SMILES string of the molecule is c1ccc(-c2nc3c(N(c4ccc(-c5ccc6ccccc6c5)cc4)c4cccc5c4ccc4c5c5ccccc5n4-c4ccccc4)cccc3o2)cc1. The van der Waals surface area contributed by atoms with Crippen LogP contribution >= 0.6 is 0 Å². The van der Waals surface area contributed by atoms with E-state index in [0.29, 0.717) is 5.89 Å². The summed E-state index contributed by atoms with van der Waals surface area (Å²) in [4.78, 5) is 7.49. The van der Waals surface area contributed by atoms with Crippen molar-refractivity contribution in [1.29, 1.82) is 0 Å². The lowest BCUT2D eigenvalue weighted by atomic mass is 9.99. The Morgan fingerprint density at radius 3 is 1.98 bits per heavy atom. The molecular formula is C51H33N3O. The van der Waals surface area contributed by atoms with Crippen molar-refractivity contribution >= 4 is 71.5 Å². The summed E-state index contributed by atoms with van der Waals surface area (Å²) in [5.41, 5.74) is 11.4. The zero-order valence-electron chi connectivity index (χ0n) is 29.8. The smallest absolute Gasteiger partial charge is 0.227 e.